The number of rotatable bonds is 11. The first-order valence-corrected chi connectivity index (χ1v) is 19.7. The number of hydrogen-bond donors (Lipinski definition) is 1. The van der Waals surface area contributed by atoms with Gasteiger partial charge in [0.25, 0.3) is 0 Å². The SMILES string of the molecule is COc1ccc(C(OC[C@@H]2[C@@H](O)[C@@H](O[Si](C)(C)C(C)(C)C)[C@H](c3ccccc3)N2C(=O)C(F)(F)F)(c2ccccc2)c2ccc(OC)cc2)cc1. The van der Waals surface area contributed by atoms with E-state index in [9.17, 15) is 23.1 Å². The van der Waals surface area contributed by atoms with E-state index in [2.05, 4.69) is 0 Å². The Balaban J connectivity index is 1.70. The number of carbonyl (C=O) groups excluding carboxylic acids is 1. The average molecular weight is 722 g/mol. The van der Waals surface area contributed by atoms with E-state index in [4.69, 9.17) is 18.6 Å². The summed E-state index contributed by atoms with van der Waals surface area (Å²) in [6, 6.07) is 29.5. The van der Waals surface area contributed by atoms with Gasteiger partial charge in [-0.05, 0) is 64.7 Å². The first kappa shape index (κ1) is 38.1. The molecule has 1 saturated heterocycles. The molecule has 0 aliphatic carbocycles. The molecule has 1 aliphatic rings. The maximum absolute atomic E-state index is 14.6. The van der Waals surface area contributed by atoms with Gasteiger partial charge in [0.15, 0.2) is 8.32 Å². The van der Waals surface area contributed by atoms with Crippen molar-refractivity contribution in [3.8, 4) is 11.5 Å². The topological polar surface area (TPSA) is 77.5 Å². The fourth-order valence-electron chi connectivity index (χ4n) is 6.47. The number of amides is 1. The van der Waals surface area contributed by atoms with Gasteiger partial charge in [0.05, 0.1) is 39.0 Å². The summed E-state index contributed by atoms with van der Waals surface area (Å²) in [5, 5.41) is 11.8. The van der Waals surface area contributed by atoms with E-state index >= 15 is 0 Å². The molecule has 4 aromatic carbocycles. The molecule has 11 heteroatoms. The Morgan fingerprint density at radius 3 is 1.63 bits per heavy atom. The highest BCUT2D eigenvalue weighted by atomic mass is 28.4. The number of ether oxygens (including phenoxy) is 3. The monoisotopic (exact) mass is 721 g/mol. The van der Waals surface area contributed by atoms with E-state index in [0.717, 1.165) is 4.90 Å². The molecule has 51 heavy (non-hydrogen) atoms. The van der Waals surface area contributed by atoms with Crippen molar-refractivity contribution >= 4 is 14.2 Å². The molecular formula is C40H46F3NO6Si. The van der Waals surface area contributed by atoms with Crippen LogP contribution in [0.2, 0.25) is 18.1 Å². The van der Waals surface area contributed by atoms with Crippen LogP contribution >= 0.6 is 0 Å². The average Bonchev–Trinajstić information content (AvgIpc) is 3.38. The number of aliphatic hydroxyl groups excluding tert-OH is 1. The second-order valence-electron chi connectivity index (χ2n) is 14.3. The molecule has 0 saturated carbocycles. The first-order valence-electron chi connectivity index (χ1n) is 16.8. The van der Waals surface area contributed by atoms with Crippen molar-refractivity contribution < 1.29 is 41.7 Å². The van der Waals surface area contributed by atoms with Gasteiger partial charge in [0.2, 0.25) is 0 Å². The fourth-order valence-corrected chi connectivity index (χ4v) is 7.78. The second-order valence-corrected chi connectivity index (χ2v) is 19.0. The molecule has 4 aromatic rings. The molecule has 4 atom stereocenters. The normalized spacial score (nSPS) is 19.9. The van der Waals surface area contributed by atoms with Crippen molar-refractivity contribution in [2.45, 2.75) is 75.0 Å². The molecule has 1 amide bonds. The van der Waals surface area contributed by atoms with E-state index < -0.39 is 56.9 Å². The molecule has 0 spiro atoms. The summed E-state index contributed by atoms with van der Waals surface area (Å²) < 4.78 is 68.3. The number of benzene rings is 4. The van der Waals surface area contributed by atoms with Crippen molar-refractivity contribution in [3.05, 3.63) is 131 Å². The Morgan fingerprint density at radius 1 is 0.745 bits per heavy atom. The number of halogens is 3. The smallest absolute Gasteiger partial charge is 0.471 e. The summed E-state index contributed by atoms with van der Waals surface area (Å²) in [4.78, 5) is 14.3. The summed E-state index contributed by atoms with van der Waals surface area (Å²) in [7, 11) is 0.403. The van der Waals surface area contributed by atoms with Gasteiger partial charge < -0.3 is 28.6 Å². The molecular weight excluding hydrogens is 676 g/mol. The number of likely N-dealkylation sites (tertiary alicyclic amines) is 1. The number of nitrogens with zero attached hydrogens (tertiary/aromatic N) is 1. The summed E-state index contributed by atoms with van der Waals surface area (Å²) in [5.41, 5.74) is 0.979. The summed E-state index contributed by atoms with van der Waals surface area (Å²) in [6.45, 7) is 9.49. The predicted molar refractivity (Wildman–Crippen MR) is 192 cm³/mol. The maximum atomic E-state index is 14.6. The van der Waals surface area contributed by atoms with E-state index in [-0.39, 0.29) is 5.04 Å². The van der Waals surface area contributed by atoms with E-state index in [1.165, 1.54) is 0 Å². The van der Waals surface area contributed by atoms with Crippen LogP contribution in [0.1, 0.15) is 49.1 Å². The third kappa shape index (κ3) is 7.57. The van der Waals surface area contributed by atoms with Crippen LogP contribution in [0.15, 0.2) is 109 Å². The Morgan fingerprint density at radius 2 is 1.20 bits per heavy atom. The van der Waals surface area contributed by atoms with Crippen LogP contribution in [-0.4, -0.2) is 69.5 Å². The minimum absolute atomic E-state index is 0.341. The second kappa shape index (κ2) is 14.8. The van der Waals surface area contributed by atoms with Crippen LogP contribution in [0.4, 0.5) is 13.2 Å². The van der Waals surface area contributed by atoms with Crippen molar-refractivity contribution in [3.63, 3.8) is 0 Å². The number of carbonyl (C=O) groups is 1. The Labute approximate surface area is 299 Å². The van der Waals surface area contributed by atoms with Crippen LogP contribution in [0, 0.1) is 0 Å². The van der Waals surface area contributed by atoms with E-state index in [1.807, 2.05) is 88.5 Å². The molecule has 0 bridgehead atoms. The van der Waals surface area contributed by atoms with Gasteiger partial charge in [-0.1, -0.05) is 106 Å². The van der Waals surface area contributed by atoms with Crippen molar-refractivity contribution in [1.29, 1.82) is 0 Å². The first-order chi connectivity index (χ1) is 24.0. The maximum Gasteiger partial charge on any atom is 0.471 e. The molecule has 272 valence electrons. The number of alkyl halides is 3. The third-order valence-electron chi connectivity index (χ3n) is 10.2. The largest absolute Gasteiger partial charge is 0.497 e. The molecule has 0 radical (unpaired) electrons. The van der Waals surface area contributed by atoms with Crippen molar-refractivity contribution in [2.24, 2.45) is 0 Å². The minimum Gasteiger partial charge on any atom is -0.497 e. The molecule has 0 unspecified atom stereocenters. The molecule has 7 nitrogen and oxygen atoms in total. The lowest BCUT2D eigenvalue weighted by atomic mass is 9.80. The Kier molecular flexibility index (Phi) is 11.1. The van der Waals surface area contributed by atoms with Crippen LogP contribution in [0.5, 0.6) is 11.5 Å². The number of hydrogen-bond acceptors (Lipinski definition) is 6. The molecule has 1 heterocycles. The lowest BCUT2D eigenvalue weighted by Crippen LogP contribution is -2.50. The van der Waals surface area contributed by atoms with Gasteiger partial charge >= 0.3 is 12.1 Å². The zero-order valence-electron chi connectivity index (χ0n) is 30.0. The summed E-state index contributed by atoms with van der Waals surface area (Å²) >= 11 is 0. The molecule has 1 aliphatic heterocycles. The lowest BCUT2D eigenvalue weighted by Gasteiger charge is -2.41. The molecule has 1 fully saturated rings. The predicted octanol–water partition coefficient (Wildman–Crippen LogP) is 8.28. The van der Waals surface area contributed by atoms with Gasteiger partial charge in [0.1, 0.15) is 23.2 Å². The standard InChI is InChI=1S/C40H46F3NO6Si/c1-38(2,3)51(6,7)50-36-34(27-14-10-8-11-15-27)44(37(46)40(41,42)43)33(35(36)45)26-49-39(28-16-12-9-13-17-28,29-18-22-31(47-4)23-19-29)30-20-24-32(48-5)25-21-30/h8-25,33-36,45H,26H2,1-7H3/t33-,34+,35-,36+/m1/s1. The quantitative estimate of drug-likeness (QED) is 0.124. The van der Waals surface area contributed by atoms with Crippen LogP contribution in [0.25, 0.3) is 0 Å². The number of aliphatic hydroxyl groups is 1. The van der Waals surface area contributed by atoms with Crippen molar-refractivity contribution in [2.75, 3.05) is 20.8 Å². The Bertz CT molecular complexity index is 1700. The van der Waals surface area contributed by atoms with Gasteiger partial charge in [0, 0.05) is 0 Å². The number of methoxy groups -OCH3 is 2. The zero-order valence-corrected chi connectivity index (χ0v) is 31.0. The van der Waals surface area contributed by atoms with E-state index in [1.54, 1.807) is 68.8 Å². The van der Waals surface area contributed by atoms with Gasteiger partial charge in [-0.15, -0.1) is 0 Å². The molecule has 0 aromatic heterocycles. The highest BCUT2D eigenvalue weighted by Gasteiger charge is 2.59. The van der Waals surface area contributed by atoms with Gasteiger partial charge in [-0.3, -0.25) is 4.79 Å². The summed E-state index contributed by atoms with van der Waals surface area (Å²) in [5.74, 6) is -0.885. The van der Waals surface area contributed by atoms with Crippen molar-refractivity contribution in [1.82, 2.24) is 4.90 Å². The zero-order chi connectivity index (χ0) is 37.2. The minimum atomic E-state index is -5.24. The van der Waals surface area contributed by atoms with Gasteiger partial charge in [-0.2, -0.15) is 13.2 Å². The highest BCUT2D eigenvalue weighted by molar-refractivity contribution is 6.74. The van der Waals surface area contributed by atoms with Crippen LogP contribution < -0.4 is 9.47 Å². The van der Waals surface area contributed by atoms with Crippen LogP contribution in [-0.2, 0) is 19.6 Å². The summed E-state index contributed by atoms with van der Waals surface area (Å²) in [6.07, 6.45) is -7.93. The molecule has 1 N–H and O–H groups in total. The van der Waals surface area contributed by atoms with Crippen LogP contribution in [0.3, 0.4) is 0 Å². The highest BCUT2D eigenvalue weighted by Crippen LogP contribution is 2.48. The van der Waals surface area contributed by atoms with Gasteiger partial charge in [-0.25, -0.2) is 0 Å². The molecule has 5 rings (SSSR count). The Hall–Kier alpha value is -4.16. The fraction of sp³-hybridized carbons (Fsp3) is 0.375. The lowest BCUT2D eigenvalue weighted by molar-refractivity contribution is -0.191. The third-order valence-corrected chi connectivity index (χ3v) is 14.7. The van der Waals surface area contributed by atoms with E-state index in [0.29, 0.717) is 33.8 Å².